The molecule has 1 aliphatic rings. The summed E-state index contributed by atoms with van der Waals surface area (Å²) in [6.07, 6.45) is 2.47. The second kappa shape index (κ2) is 7.87. The molecule has 1 N–H and O–H groups in total. The van der Waals surface area contributed by atoms with Gasteiger partial charge in [0.25, 0.3) is 5.91 Å². The summed E-state index contributed by atoms with van der Waals surface area (Å²) in [6, 6.07) is 11.6. The van der Waals surface area contributed by atoms with Crippen LogP contribution in [-0.4, -0.2) is 33.4 Å². The number of carbonyl (C=O) groups excluding carboxylic acids is 2. The molecular weight excluding hydrogens is 368 g/mol. The predicted octanol–water partition coefficient (Wildman–Crippen LogP) is 2.88. The van der Waals surface area contributed by atoms with Crippen LogP contribution in [0.2, 0.25) is 0 Å². The molecule has 1 aromatic carbocycles. The number of aryl methyl sites for hydroxylation is 1. The first-order valence-corrected chi connectivity index (χ1v) is 9.55. The standard InChI is InChI=1S/C22H22N4O3/c1-14-20(21(25-29-14)17-6-4-3-5-7-17)22(28)26-9-8-19-18(13-26)10-16(12-24-19)11-23-15(2)27/h3-7,10,12H,8-9,11,13H2,1-2H3,(H,23,27). The lowest BCUT2D eigenvalue weighted by molar-refractivity contribution is -0.119. The lowest BCUT2D eigenvalue weighted by Gasteiger charge is -2.28. The van der Waals surface area contributed by atoms with Crippen molar-refractivity contribution in [2.24, 2.45) is 0 Å². The number of hydrogen-bond acceptors (Lipinski definition) is 5. The van der Waals surface area contributed by atoms with Crippen LogP contribution in [0.5, 0.6) is 0 Å². The number of nitrogens with zero attached hydrogens (tertiary/aromatic N) is 3. The fraction of sp³-hybridized carbons (Fsp3) is 0.273. The molecule has 0 bridgehead atoms. The van der Waals surface area contributed by atoms with Crippen molar-refractivity contribution in [1.29, 1.82) is 0 Å². The average molecular weight is 390 g/mol. The van der Waals surface area contributed by atoms with Crippen molar-refractivity contribution in [3.63, 3.8) is 0 Å². The van der Waals surface area contributed by atoms with E-state index in [4.69, 9.17) is 4.52 Å². The van der Waals surface area contributed by atoms with E-state index in [1.165, 1.54) is 6.92 Å². The van der Waals surface area contributed by atoms with Gasteiger partial charge in [-0.15, -0.1) is 0 Å². The first kappa shape index (κ1) is 18.9. The van der Waals surface area contributed by atoms with E-state index in [0.29, 0.717) is 43.1 Å². The number of aromatic nitrogens is 2. The van der Waals surface area contributed by atoms with Gasteiger partial charge in [0.15, 0.2) is 0 Å². The zero-order chi connectivity index (χ0) is 20.4. The van der Waals surface area contributed by atoms with Crippen LogP contribution in [0.3, 0.4) is 0 Å². The molecule has 148 valence electrons. The quantitative estimate of drug-likeness (QED) is 0.740. The van der Waals surface area contributed by atoms with Gasteiger partial charge in [-0.05, 0) is 24.1 Å². The van der Waals surface area contributed by atoms with E-state index in [9.17, 15) is 9.59 Å². The van der Waals surface area contributed by atoms with Gasteiger partial charge in [0.1, 0.15) is 17.0 Å². The zero-order valence-electron chi connectivity index (χ0n) is 16.4. The Bertz CT molecular complexity index is 1060. The van der Waals surface area contributed by atoms with Crippen molar-refractivity contribution in [3.05, 3.63) is 70.7 Å². The number of hydrogen-bond donors (Lipinski definition) is 1. The summed E-state index contributed by atoms with van der Waals surface area (Å²) in [6.45, 7) is 4.72. The van der Waals surface area contributed by atoms with Gasteiger partial charge in [0.2, 0.25) is 5.91 Å². The van der Waals surface area contributed by atoms with Gasteiger partial charge in [-0.25, -0.2) is 0 Å². The van der Waals surface area contributed by atoms with Gasteiger partial charge in [-0.1, -0.05) is 35.5 Å². The van der Waals surface area contributed by atoms with Crippen molar-refractivity contribution < 1.29 is 14.1 Å². The molecule has 0 saturated heterocycles. The lowest BCUT2D eigenvalue weighted by Crippen LogP contribution is -2.37. The first-order valence-electron chi connectivity index (χ1n) is 9.55. The molecule has 3 aromatic rings. The van der Waals surface area contributed by atoms with E-state index in [1.54, 1.807) is 18.0 Å². The smallest absolute Gasteiger partial charge is 0.260 e. The first-order chi connectivity index (χ1) is 14.0. The molecule has 4 rings (SSSR count). The fourth-order valence-corrected chi connectivity index (χ4v) is 3.55. The van der Waals surface area contributed by atoms with Crippen LogP contribution in [0.1, 0.15) is 39.9 Å². The third kappa shape index (κ3) is 3.89. The molecule has 0 saturated carbocycles. The van der Waals surface area contributed by atoms with E-state index in [0.717, 1.165) is 22.4 Å². The van der Waals surface area contributed by atoms with E-state index >= 15 is 0 Å². The number of carbonyl (C=O) groups is 2. The summed E-state index contributed by atoms with van der Waals surface area (Å²) < 4.78 is 5.35. The van der Waals surface area contributed by atoms with Crippen LogP contribution < -0.4 is 5.32 Å². The minimum Gasteiger partial charge on any atom is -0.360 e. The van der Waals surface area contributed by atoms with Crippen molar-refractivity contribution in [2.45, 2.75) is 33.4 Å². The van der Waals surface area contributed by atoms with Gasteiger partial charge in [0, 0.05) is 50.4 Å². The number of benzene rings is 1. The second-order valence-corrected chi connectivity index (χ2v) is 7.16. The summed E-state index contributed by atoms with van der Waals surface area (Å²) in [4.78, 5) is 30.8. The summed E-state index contributed by atoms with van der Waals surface area (Å²) in [7, 11) is 0. The highest BCUT2D eigenvalue weighted by atomic mass is 16.5. The monoisotopic (exact) mass is 390 g/mol. The Morgan fingerprint density at radius 2 is 2.03 bits per heavy atom. The molecule has 7 heteroatoms. The maximum absolute atomic E-state index is 13.3. The van der Waals surface area contributed by atoms with Gasteiger partial charge >= 0.3 is 0 Å². The molecule has 3 heterocycles. The van der Waals surface area contributed by atoms with Crippen molar-refractivity contribution in [2.75, 3.05) is 6.54 Å². The molecule has 1 aliphatic heterocycles. The summed E-state index contributed by atoms with van der Waals surface area (Å²) in [5.74, 6) is 0.327. The van der Waals surface area contributed by atoms with Crippen LogP contribution in [0.25, 0.3) is 11.3 Å². The summed E-state index contributed by atoms with van der Waals surface area (Å²) in [5, 5.41) is 6.90. The Morgan fingerprint density at radius 3 is 2.79 bits per heavy atom. The normalized spacial score (nSPS) is 13.1. The Balaban J connectivity index is 1.59. The molecule has 0 fully saturated rings. The summed E-state index contributed by atoms with van der Waals surface area (Å²) in [5.41, 5.74) is 4.83. The lowest BCUT2D eigenvalue weighted by atomic mass is 10.0. The highest BCUT2D eigenvalue weighted by Crippen LogP contribution is 2.28. The van der Waals surface area contributed by atoms with E-state index in [-0.39, 0.29) is 11.8 Å². The van der Waals surface area contributed by atoms with E-state index < -0.39 is 0 Å². The van der Waals surface area contributed by atoms with E-state index in [1.807, 2.05) is 36.4 Å². The highest BCUT2D eigenvalue weighted by molar-refractivity contribution is 6.00. The Labute approximate surface area is 168 Å². The number of nitrogens with one attached hydrogen (secondary N) is 1. The molecule has 0 aliphatic carbocycles. The highest BCUT2D eigenvalue weighted by Gasteiger charge is 2.29. The molecule has 0 unspecified atom stereocenters. The fourth-order valence-electron chi connectivity index (χ4n) is 3.55. The Kier molecular flexibility index (Phi) is 5.12. The SMILES string of the molecule is CC(=O)NCc1cnc2c(c1)CN(C(=O)c1c(-c3ccccc3)noc1C)CC2. The molecule has 2 amide bonds. The predicted molar refractivity (Wildman–Crippen MR) is 107 cm³/mol. The minimum atomic E-state index is -0.0967. The topological polar surface area (TPSA) is 88.3 Å². The molecule has 29 heavy (non-hydrogen) atoms. The molecule has 0 radical (unpaired) electrons. The number of amides is 2. The average Bonchev–Trinajstić information content (AvgIpc) is 3.13. The van der Waals surface area contributed by atoms with Crippen LogP contribution in [0, 0.1) is 6.92 Å². The Morgan fingerprint density at radius 1 is 1.24 bits per heavy atom. The maximum atomic E-state index is 13.3. The van der Waals surface area contributed by atoms with Crippen LogP contribution in [-0.2, 0) is 24.3 Å². The summed E-state index contributed by atoms with van der Waals surface area (Å²) >= 11 is 0. The third-order valence-electron chi connectivity index (χ3n) is 5.05. The number of fused-ring (bicyclic) bond motifs is 1. The van der Waals surface area contributed by atoms with E-state index in [2.05, 4.69) is 15.5 Å². The molecular formula is C22H22N4O3. The largest absolute Gasteiger partial charge is 0.360 e. The van der Waals surface area contributed by atoms with Gasteiger partial charge < -0.3 is 14.7 Å². The molecule has 2 aromatic heterocycles. The van der Waals surface area contributed by atoms with Crippen molar-refractivity contribution in [1.82, 2.24) is 20.4 Å². The van der Waals surface area contributed by atoms with Crippen LogP contribution >= 0.6 is 0 Å². The zero-order valence-corrected chi connectivity index (χ0v) is 16.4. The van der Waals surface area contributed by atoms with Crippen molar-refractivity contribution in [3.8, 4) is 11.3 Å². The molecule has 0 atom stereocenters. The third-order valence-corrected chi connectivity index (χ3v) is 5.05. The van der Waals surface area contributed by atoms with Crippen molar-refractivity contribution >= 4 is 11.8 Å². The second-order valence-electron chi connectivity index (χ2n) is 7.16. The Hall–Kier alpha value is -3.48. The van der Waals surface area contributed by atoms with Crippen LogP contribution in [0.15, 0.2) is 47.1 Å². The van der Waals surface area contributed by atoms with Gasteiger partial charge in [-0.2, -0.15) is 0 Å². The molecule has 0 spiro atoms. The number of pyridine rings is 1. The van der Waals surface area contributed by atoms with Gasteiger partial charge in [-0.3, -0.25) is 14.6 Å². The molecule has 7 nitrogen and oxygen atoms in total. The number of rotatable bonds is 4. The van der Waals surface area contributed by atoms with Crippen LogP contribution in [0.4, 0.5) is 0 Å². The maximum Gasteiger partial charge on any atom is 0.260 e. The van der Waals surface area contributed by atoms with Gasteiger partial charge in [0.05, 0.1) is 0 Å². The minimum absolute atomic E-state index is 0.0871.